The summed E-state index contributed by atoms with van der Waals surface area (Å²) >= 11 is 0. The van der Waals surface area contributed by atoms with Gasteiger partial charge >= 0.3 is 0 Å². The van der Waals surface area contributed by atoms with Gasteiger partial charge in [-0.1, -0.05) is 12.1 Å². The lowest BCUT2D eigenvalue weighted by atomic mass is 10.0. The molecular weight excluding hydrogens is 206 g/mol. The Morgan fingerprint density at radius 2 is 2.38 bits per heavy atom. The molecule has 2 unspecified atom stereocenters. The minimum atomic E-state index is -0.431. The van der Waals surface area contributed by atoms with Crippen molar-refractivity contribution in [2.75, 3.05) is 13.7 Å². The number of hydrogen-bond acceptors (Lipinski definition) is 4. The van der Waals surface area contributed by atoms with Crippen LogP contribution < -0.4 is 15.2 Å². The van der Waals surface area contributed by atoms with E-state index in [1.165, 1.54) is 0 Å². The molecule has 1 aliphatic heterocycles. The van der Waals surface area contributed by atoms with E-state index in [9.17, 15) is 0 Å². The summed E-state index contributed by atoms with van der Waals surface area (Å²) in [6.45, 7) is 1.91. The van der Waals surface area contributed by atoms with E-state index in [0.717, 1.165) is 23.3 Å². The summed E-state index contributed by atoms with van der Waals surface area (Å²) in [5, 5.41) is 9.09. The number of rotatable bonds is 3. The second kappa shape index (κ2) is 4.31. The molecule has 1 aliphatic rings. The van der Waals surface area contributed by atoms with Gasteiger partial charge in [0.2, 0.25) is 0 Å². The maximum atomic E-state index is 9.09. The number of benzene rings is 1. The average Bonchev–Trinajstić information content (AvgIpc) is 2.66. The Balaban J connectivity index is 2.46. The van der Waals surface area contributed by atoms with Crippen LogP contribution in [-0.4, -0.2) is 24.9 Å². The van der Waals surface area contributed by atoms with E-state index in [0.29, 0.717) is 5.75 Å². The topological polar surface area (TPSA) is 64.7 Å². The number of methoxy groups -OCH3 is 1. The van der Waals surface area contributed by atoms with Crippen LogP contribution in [0.3, 0.4) is 0 Å². The first-order chi connectivity index (χ1) is 7.67. The molecule has 0 spiro atoms. The van der Waals surface area contributed by atoms with Crippen molar-refractivity contribution in [1.29, 1.82) is 0 Å². The van der Waals surface area contributed by atoms with Crippen LogP contribution in [0.2, 0.25) is 0 Å². The predicted molar refractivity (Wildman–Crippen MR) is 60.8 cm³/mol. The van der Waals surface area contributed by atoms with Crippen LogP contribution in [0.5, 0.6) is 11.5 Å². The second-order valence-corrected chi connectivity index (χ2v) is 4.10. The van der Waals surface area contributed by atoms with Gasteiger partial charge in [-0.15, -0.1) is 0 Å². The lowest BCUT2D eigenvalue weighted by Crippen LogP contribution is -2.15. The molecule has 1 aromatic carbocycles. The molecule has 4 nitrogen and oxygen atoms in total. The van der Waals surface area contributed by atoms with Gasteiger partial charge in [-0.25, -0.2) is 0 Å². The first kappa shape index (κ1) is 11.2. The Bertz CT molecular complexity index is 392. The van der Waals surface area contributed by atoms with Gasteiger partial charge in [-0.3, -0.25) is 0 Å². The zero-order valence-electron chi connectivity index (χ0n) is 9.56. The Hall–Kier alpha value is -1.26. The van der Waals surface area contributed by atoms with Crippen molar-refractivity contribution < 1.29 is 14.6 Å². The zero-order valence-corrected chi connectivity index (χ0v) is 9.56. The predicted octanol–water partition coefficient (Wildman–Crippen LogP) is 1.01. The molecule has 2 rings (SSSR count). The Kier molecular flexibility index (Phi) is 3.03. The number of aliphatic hydroxyl groups excluding tert-OH is 1. The van der Waals surface area contributed by atoms with E-state index in [-0.39, 0.29) is 12.7 Å². The van der Waals surface area contributed by atoms with Gasteiger partial charge in [0, 0.05) is 17.5 Å². The van der Waals surface area contributed by atoms with Crippen molar-refractivity contribution >= 4 is 0 Å². The van der Waals surface area contributed by atoms with E-state index in [2.05, 4.69) is 0 Å². The van der Waals surface area contributed by atoms with E-state index < -0.39 is 6.04 Å². The normalized spacial score (nSPS) is 20.1. The van der Waals surface area contributed by atoms with E-state index in [1.54, 1.807) is 7.11 Å². The van der Waals surface area contributed by atoms with Crippen LogP contribution in [0.25, 0.3) is 0 Å². The second-order valence-electron chi connectivity index (χ2n) is 4.10. The zero-order chi connectivity index (χ0) is 11.7. The SMILES string of the molecule is COc1c(C(N)CO)ccc2c1OC(C)C2. The molecule has 1 heterocycles. The van der Waals surface area contributed by atoms with Gasteiger partial charge in [-0.05, 0) is 6.92 Å². The summed E-state index contributed by atoms with van der Waals surface area (Å²) < 4.78 is 11.0. The van der Waals surface area contributed by atoms with Crippen LogP contribution in [-0.2, 0) is 6.42 Å². The summed E-state index contributed by atoms with van der Waals surface area (Å²) in [5.41, 5.74) is 7.74. The van der Waals surface area contributed by atoms with Gasteiger partial charge in [0.05, 0.1) is 19.8 Å². The van der Waals surface area contributed by atoms with Crippen LogP contribution in [0.15, 0.2) is 12.1 Å². The van der Waals surface area contributed by atoms with Crippen LogP contribution in [0.4, 0.5) is 0 Å². The highest BCUT2D eigenvalue weighted by Gasteiger charge is 2.26. The maximum absolute atomic E-state index is 9.09. The van der Waals surface area contributed by atoms with Crippen molar-refractivity contribution in [1.82, 2.24) is 0 Å². The number of fused-ring (bicyclic) bond motifs is 1. The van der Waals surface area contributed by atoms with Crippen molar-refractivity contribution in [3.05, 3.63) is 23.3 Å². The molecule has 0 aliphatic carbocycles. The molecule has 1 aromatic rings. The largest absolute Gasteiger partial charge is 0.492 e. The smallest absolute Gasteiger partial charge is 0.165 e. The highest BCUT2D eigenvalue weighted by molar-refractivity contribution is 5.55. The molecule has 0 radical (unpaired) electrons. The first-order valence-corrected chi connectivity index (χ1v) is 5.40. The van der Waals surface area contributed by atoms with Crippen LogP contribution in [0.1, 0.15) is 24.1 Å². The van der Waals surface area contributed by atoms with Gasteiger partial charge in [0.1, 0.15) is 6.10 Å². The summed E-state index contributed by atoms with van der Waals surface area (Å²) in [4.78, 5) is 0. The average molecular weight is 223 g/mol. The number of hydrogen-bond donors (Lipinski definition) is 2. The molecule has 88 valence electrons. The molecule has 0 saturated carbocycles. The number of nitrogens with two attached hydrogens (primary N) is 1. The number of ether oxygens (including phenoxy) is 2. The van der Waals surface area contributed by atoms with Gasteiger partial charge in [0.25, 0.3) is 0 Å². The monoisotopic (exact) mass is 223 g/mol. The maximum Gasteiger partial charge on any atom is 0.165 e. The molecule has 0 fully saturated rings. The third kappa shape index (κ3) is 1.74. The van der Waals surface area contributed by atoms with Crippen molar-refractivity contribution in [2.24, 2.45) is 5.73 Å². The third-order valence-corrected chi connectivity index (χ3v) is 2.85. The first-order valence-electron chi connectivity index (χ1n) is 5.40. The van der Waals surface area contributed by atoms with Crippen LogP contribution >= 0.6 is 0 Å². The fourth-order valence-corrected chi connectivity index (χ4v) is 2.06. The fraction of sp³-hybridized carbons (Fsp3) is 0.500. The summed E-state index contributed by atoms with van der Waals surface area (Å²) in [7, 11) is 1.59. The molecule has 2 atom stereocenters. The highest BCUT2D eigenvalue weighted by atomic mass is 16.5. The number of aliphatic hydroxyl groups is 1. The molecule has 0 bridgehead atoms. The lowest BCUT2D eigenvalue weighted by molar-refractivity contribution is 0.239. The molecule has 0 amide bonds. The molecule has 16 heavy (non-hydrogen) atoms. The summed E-state index contributed by atoms with van der Waals surface area (Å²) in [5.74, 6) is 1.43. The van der Waals surface area contributed by atoms with Gasteiger partial charge < -0.3 is 20.3 Å². The standard InChI is InChI=1S/C12H17NO3/c1-7-5-8-3-4-9(10(13)6-14)12(15-2)11(8)16-7/h3-4,7,10,14H,5-6,13H2,1-2H3. The van der Waals surface area contributed by atoms with E-state index >= 15 is 0 Å². The molecule has 3 N–H and O–H groups in total. The third-order valence-electron chi connectivity index (χ3n) is 2.85. The van der Waals surface area contributed by atoms with Crippen molar-refractivity contribution in [3.8, 4) is 11.5 Å². The van der Waals surface area contributed by atoms with Gasteiger partial charge in [0.15, 0.2) is 11.5 Å². The minimum Gasteiger partial charge on any atom is -0.492 e. The minimum absolute atomic E-state index is 0.106. The van der Waals surface area contributed by atoms with E-state index in [1.807, 2.05) is 19.1 Å². The lowest BCUT2D eigenvalue weighted by Gasteiger charge is -2.16. The van der Waals surface area contributed by atoms with Crippen LogP contribution in [0, 0.1) is 0 Å². The summed E-state index contributed by atoms with van der Waals surface area (Å²) in [6.07, 6.45) is 1.06. The highest BCUT2D eigenvalue weighted by Crippen LogP contribution is 2.41. The molecule has 0 aromatic heterocycles. The quantitative estimate of drug-likeness (QED) is 0.802. The Morgan fingerprint density at radius 1 is 1.62 bits per heavy atom. The molecule has 0 saturated heterocycles. The fourth-order valence-electron chi connectivity index (χ4n) is 2.06. The molecular formula is C12H17NO3. The Labute approximate surface area is 95.0 Å². The van der Waals surface area contributed by atoms with Crippen molar-refractivity contribution in [3.63, 3.8) is 0 Å². The van der Waals surface area contributed by atoms with Crippen molar-refractivity contribution in [2.45, 2.75) is 25.5 Å². The Morgan fingerprint density at radius 3 is 3.00 bits per heavy atom. The molecule has 4 heteroatoms. The summed E-state index contributed by atoms with van der Waals surface area (Å²) in [6, 6.07) is 3.46. The van der Waals surface area contributed by atoms with E-state index in [4.69, 9.17) is 20.3 Å². The van der Waals surface area contributed by atoms with Gasteiger partial charge in [-0.2, -0.15) is 0 Å².